The normalized spacial score (nSPS) is 22.1. The van der Waals surface area contributed by atoms with E-state index in [1.807, 2.05) is 6.07 Å². The van der Waals surface area contributed by atoms with E-state index in [1.54, 1.807) is 24.3 Å². The molecule has 1 aromatic heterocycles. The molecule has 1 aliphatic rings. The highest BCUT2D eigenvalue weighted by atomic mass is 16.7. The van der Waals surface area contributed by atoms with E-state index in [4.69, 9.17) is 15.3 Å². The molecule has 114 valence electrons. The van der Waals surface area contributed by atoms with E-state index in [2.05, 4.69) is 0 Å². The van der Waals surface area contributed by atoms with Gasteiger partial charge in [-0.3, -0.25) is 9.59 Å². The largest absolute Gasteiger partial charge is 0.406 e. The molecular weight excluding hydrogens is 288 g/mol. The van der Waals surface area contributed by atoms with E-state index in [-0.39, 0.29) is 18.1 Å². The first-order valence-corrected chi connectivity index (χ1v) is 6.77. The topological polar surface area (TPSA) is 101 Å². The van der Waals surface area contributed by atoms with Crippen molar-refractivity contribution in [2.45, 2.75) is 19.4 Å². The van der Waals surface area contributed by atoms with Crippen molar-refractivity contribution in [2.24, 2.45) is 11.7 Å². The van der Waals surface area contributed by atoms with Gasteiger partial charge in [-0.25, -0.2) is 4.79 Å². The van der Waals surface area contributed by atoms with Crippen LogP contribution in [0, 0.1) is 5.92 Å². The van der Waals surface area contributed by atoms with Gasteiger partial charge >= 0.3 is 11.9 Å². The molecule has 1 aromatic carbocycles. The van der Waals surface area contributed by atoms with Gasteiger partial charge in [-0.1, -0.05) is 18.2 Å². The molecule has 22 heavy (non-hydrogen) atoms. The number of aromatic nitrogens is 1. The van der Waals surface area contributed by atoms with Gasteiger partial charge in [0.1, 0.15) is 11.8 Å². The Balaban J connectivity index is 2.09. The van der Waals surface area contributed by atoms with Gasteiger partial charge in [-0.2, -0.15) is 0 Å². The Hall–Kier alpha value is -2.67. The number of para-hydroxylation sites is 1. The summed E-state index contributed by atoms with van der Waals surface area (Å²) in [4.78, 5) is 41.0. The van der Waals surface area contributed by atoms with Crippen LogP contribution in [0.1, 0.15) is 13.3 Å². The number of ketones is 1. The van der Waals surface area contributed by atoms with Crippen molar-refractivity contribution < 1.29 is 24.0 Å². The van der Waals surface area contributed by atoms with Crippen molar-refractivity contribution in [1.82, 2.24) is 4.73 Å². The molecule has 0 aliphatic carbocycles. The smallest absolute Gasteiger partial charge is 0.350 e. The Morgan fingerprint density at radius 2 is 2.05 bits per heavy atom. The van der Waals surface area contributed by atoms with Gasteiger partial charge in [-0.15, -0.1) is 4.73 Å². The summed E-state index contributed by atoms with van der Waals surface area (Å²) in [6.07, 6.45) is -0.271. The lowest BCUT2D eigenvalue weighted by atomic mass is 9.93. The predicted octanol–water partition coefficient (Wildman–Crippen LogP) is 0.438. The Labute approximate surface area is 125 Å². The van der Waals surface area contributed by atoms with Crippen molar-refractivity contribution in [3.63, 3.8) is 0 Å². The number of hydrogen-bond acceptors (Lipinski definition) is 6. The van der Waals surface area contributed by atoms with Crippen molar-refractivity contribution >= 4 is 28.6 Å². The molecule has 2 N–H and O–H groups in total. The summed E-state index contributed by atoms with van der Waals surface area (Å²) in [7, 11) is 0. The minimum atomic E-state index is -1.22. The Bertz CT molecular complexity index is 779. The van der Waals surface area contributed by atoms with E-state index in [0.29, 0.717) is 5.52 Å². The second-order valence-corrected chi connectivity index (χ2v) is 5.17. The standard InChI is InChI=1S/C15H14N2O5/c1-8(18)10-7-13(19)21-12-6-9-4-2-3-5-11(9)17(12)22-15(20)14(10)16/h2-6,10,14H,7,16H2,1H3/t10?,14-/m1/s1. The highest BCUT2D eigenvalue weighted by Gasteiger charge is 2.35. The van der Waals surface area contributed by atoms with Gasteiger partial charge in [0, 0.05) is 11.5 Å². The summed E-state index contributed by atoms with van der Waals surface area (Å²) in [5.41, 5.74) is 6.34. The summed E-state index contributed by atoms with van der Waals surface area (Å²) in [6, 6.07) is 7.43. The zero-order chi connectivity index (χ0) is 15.9. The fourth-order valence-corrected chi connectivity index (χ4v) is 2.45. The Kier molecular flexibility index (Phi) is 3.42. The zero-order valence-electron chi connectivity index (χ0n) is 11.8. The molecule has 0 radical (unpaired) electrons. The van der Waals surface area contributed by atoms with Crippen LogP contribution in [0.5, 0.6) is 5.88 Å². The number of carbonyl (C=O) groups is 3. The van der Waals surface area contributed by atoms with Gasteiger partial charge in [0.25, 0.3) is 0 Å². The summed E-state index contributed by atoms with van der Waals surface area (Å²) < 4.78 is 6.34. The molecule has 1 unspecified atom stereocenters. The first kappa shape index (κ1) is 14.3. The maximum Gasteiger partial charge on any atom is 0.350 e. The quantitative estimate of drug-likeness (QED) is 0.767. The summed E-state index contributed by atoms with van der Waals surface area (Å²) in [5.74, 6) is -2.68. The minimum absolute atomic E-state index is 0.0796. The third-order valence-electron chi connectivity index (χ3n) is 3.65. The molecule has 0 amide bonds. The first-order valence-electron chi connectivity index (χ1n) is 6.77. The Morgan fingerprint density at radius 1 is 1.32 bits per heavy atom. The average molecular weight is 302 g/mol. The highest BCUT2D eigenvalue weighted by Crippen LogP contribution is 2.26. The summed E-state index contributed by atoms with van der Waals surface area (Å²) in [6.45, 7) is 1.28. The van der Waals surface area contributed by atoms with Crippen molar-refractivity contribution in [3.8, 4) is 5.88 Å². The van der Waals surface area contributed by atoms with Crippen LogP contribution >= 0.6 is 0 Å². The molecule has 2 atom stereocenters. The SMILES string of the molecule is CC(=O)C1CC(=O)Oc2cc3ccccc3n2OC(=O)[C@@H]1N. The second-order valence-electron chi connectivity index (χ2n) is 5.17. The van der Waals surface area contributed by atoms with Crippen molar-refractivity contribution in [2.75, 3.05) is 0 Å². The molecule has 7 nitrogen and oxygen atoms in total. The molecule has 2 aromatic rings. The van der Waals surface area contributed by atoms with Gasteiger partial charge in [0.15, 0.2) is 0 Å². The van der Waals surface area contributed by atoms with Gasteiger partial charge in [-0.05, 0) is 13.0 Å². The second kappa shape index (κ2) is 5.27. The van der Waals surface area contributed by atoms with Crippen LogP contribution in [-0.4, -0.2) is 28.5 Å². The lowest BCUT2D eigenvalue weighted by Crippen LogP contribution is -2.45. The van der Waals surface area contributed by atoms with E-state index < -0.39 is 23.9 Å². The van der Waals surface area contributed by atoms with Crippen molar-refractivity contribution in [3.05, 3.63) is 30.3 Å². The summed E-state index contributed by atoms with van der Waals surface area (Å²) in [5, 5.41) is 0.746. The fraction of sp³-hybridized carbons (Fsp3) is 0.267. The molecule has 0 fully saturated rings. The molecule has 1 aliphatic heterocycles. The average Bonchev–Trinajstić information content (AvgIpc) is 2.82. The van der Waals surface area contributed by atoms with Crippen LogP contribution in [0.15, 0.2) is 30.3 Å². The molecule has 0 saturated carbocycles. The molecule has 7 heteroatoms. The summed E-state index contributed by atoms with van der Waals surface area (Å²) >= 11 is 0. The molecule has 3 rings (SSSR count). The number of benzene rings is 1. The van der Waals surface area contributed by atoms with Crippen LogP contribution < -0.4 is 15.3 Å². The van der Waals surface area contributed by atoms with E-state index in [0.717, 1.165) is 10.1 Å². The van der Waals surface area contributed by atoms with Crippen LogP contribution in [0.25, 0.3) is 10.9 Å². The van der Waals surface area contributed by atoms with Crippen LogP contribution in [0.2, 0.25) is 0 Å². The molecule has 0 bridgehead atoms. The van der Waals surface area contributed by atoms with E-state index >= 15 is 0 Å². The number of carbonyl (C=O) groups excluding carboxylic acids is 3. The lowest BCUT2D eigenvalue weighted by molar-refractivity contribution is -0.148. The third-order valence-corrected chi connectivity index (χ3v) is 3.65. The Morgan fingerprint density at radius 3 is 2.77 bits per heavy atom. The van der Waals surface area contributed by atoms with Gasteiger partial charge in [0.2, 0.25) is 5.88 Å². The molecule has 0 spiro atoms. The number of Topliss-reactive ketones (excluding diaryl/α,β-unsaturated/α-hetero) is 1. The molecular formula is C15H14N2O5. The number of esters is 1. The maximum atomic E-state index is 12.2. The fourth-order valence-electron chi connectivity index (χ4n) is 2.45. The van der Waals surface area contributed by atoms with Gasteiger partial charge in [0.05, 0.1) is 17.9 Å². The number of nitrogens with two attached hydrogens (primary N) is 1. The van der Waals surface area contributed by atoms with Gasteiger partial charge < -0.3 is 15.3 Å². The van der Waals surface area contributed by atoms with E-state index in [9.17, 15) is 14.4 Å². The highest BCUT2D eigenvalue weighted by molar-refractivity contribution is 5.92. The maximum absolute atomic E-state index is 12.2. The first-order chi connectivity index (χ1) is 10.5. The zero-order valence-corrected chi connectivity index (χ0v) is 11.8. The van der Waals surface area contributed by atoms with Crippen molar-refractivity contribution in [1.29, 1.82) is 0 Å². The number of ether oxygens (including phenoxy) is 1. The number of fused-ring (bicyclic) bond motifs is 3. The van der Waals surface area contributed by atoms with E-state index in [1.165, 1.54) is 6.92 Å². The predicted molar refractivity (Wildman–Crippen MR) is 75.9 cm³/mol. The number of rotatable bonds is 1. The van der Waals surface area contributed by atoms with Crippen LogP contribution in [-0.2, 0) is 14.4 Å². The van der Waals surface area contributed by atoms with Crippen LogP contribution in [0.4, 0.5) is 0 Å². The minimum Gasteiger partial charge on any atom is -0.406 e. The molecule has 2 heterocycles. The number of nitrogens with zero attached hydrogens (tertiary/aromatic N) is 1. The molecule has 0 saturated heterocycles. The third kappa shape index (κ3) is 2.35. The lowest BCUT2D eigenvalue weighted by Gasteiger charge is -2.17. The monoisotopic (exact) mass is 302 g/mol. The van der Waals surface area contributed by atoms with Crippen LogP contribution in [0.3, 0.4) is 0 Å². The number of hydrogen-bond donors (Lipinski definition) is 1.